The summed E-state index contributed by atoms with van der Waals surface area (Å²) in [5.41, 5.74) is 7.97. The lowest BCUT2D eigenvalue weighted by molar-refractivity contribution is 0.0998. The molecule has 1 N–H and O–H groups in total. The fraction of sp³-hybridized carbons (Fsp3) is 0.125. The number of carbonyl (C=O) groups is 1. The maximum Gasteiger partial charge on any atom is 0.252 e. The Morgan fingerprint density at radius 1 is 1.64 bits per heavy atom. The van der Waals surface area contributed by atoms with Crippen molar-refractivity contribution in [2.45, 2.75) is 0 Å². The maximum absolute atomic E-state index is 11.0. The number of benzene rings is 1. The molecule has 0 fully saturated rings. The van der Waals surface area contributed by atoms with E-state index in [0.29, 0.717) is 5.75 Å². The first-order valence-corrected chi connectivity index (χ1v) is 3.65. The van der Waals surface area contributed by atoms with Crippen molar-refractivity contribution in [3.8, 4) is 11.5 Å². The van der Waals surface area contributed by atoms with Gasteiger partial charge in [-0.2, -0.15) is 0 Å². The highest BCUT2D eigenvalue weighted by atomic mass is 16.5. The molecule has 0 atom stereocenters. The zero-order chi connectivity index (χ0) is 10.6. The van der Waals surface area contributed by atoms with Crippen LogP contribution in [-0.2, 0) is 0 Å². The summed E-state index contributed by atoms with van der Waals surface area (Å²) in [6, 6.07) is 4.07. The zero-order valence-corrected chi connectivity index (χ0v) is 7.34. The second-order valence-corrected chi connectivity index (χ2v) is 2.38. The number of hydrogen-bond acceptors (Lipinski definition) is 3. The average Bonchev–Trinajstić information content (AvgIpc) is 2.17. The van der Waals surface area contributed by atoms with Crippen LogP contribution < -0.4 is 4.74 Å². The van der Waals surface area contributed by atoms with Gasteiger partial charge in [0.2, 0.25) is 0 Å². The fourth-order valence-electron chi connectivity index (χ4n) is 0.914. The van der Waals surface area contributed by atoms with Crippen molar-refractivity contribution in [3.63, 3.8) is 0 Å². The molecular formula is C8H7N3O3. The Morgan fingerprint density at radius 2 is 2.36 bits per heavy atom. The molecule has 1 aromatic carbocycles. The van der Waals surface area contributed by atoms with Crippen molar-refractivity contribution in [2.75, 3.05) is 7.11 Å². The topological polar surface area (TPSA) is 95.3 Å². The first kappa shape index (κ1) is 9.88. The van der Waals surface area contributed by atoms with Gasteiger partial charge >= 0.3 is 0 Å². The van der Waals surface area contributed by atoms with Crippen LogP contribution in [0.2, 0.25) is 0 Å². The first-order valence-electron chi connectivity index (χ1n) is 3.65. The summed E-state index contributed by atoms with van der Waals surface area (Å²) in [4.78, 5) is 13.4. The maximum atomic E-state index is 11.0. The van der Waals surface area contributed by atoms with Gasteiger partial charge in [-0.15, -0.1) is 0 Å². The second kappa shape index (κ2) is 4.15. The van der Waals surface area contributed by atoms with Crippen LogP contribution in [0.15, 0.2) is 23.3 Å². The minimum absolute atomic E-state index is 0.0522. The lowest BCUT2D eigenvalue weighted by atomic mass is 10.2. The van der Waals surface area contributed by atoms with Crippen LogP contribution >= 0.6 is 0 Å². The second-order valence-electron chi connectivity index (χ2n) is 2.38. The minimum atomic E-state index is -0.826. The number of phenolic OH excluding ortho intramolecular Hbond substituents is 1. The van der Waals surface area contributed by atoms with E-state index in [-0.39, 0.29) is 11.3 Å². The Hall–Kier alpha value is -2.20. The van der Waals surface area contributed by atoms with Gasteiger partial charge in [-0.25, -0.2) is 0 Å². The Kier molecular flexibility index (Phi) is 2.93. The average molecular weight is 193 g/mol. The molecule has 0 aliphatic rings. The number of phenols is 1. The number of hydrogen-bond donors (Lipinski definition) is 1. The summed E-state index contributed by atoms with van der Waals surface area (Å²) >= 11 is 0. The quantitative estimate of drug-likeness (QED) is 0.441. The molecule has 6 heteroatoms. The van der Waals surface area contributed by atoms with Crippen LogP contribution in [0.4, 0.5) is 0 Å². The van der Waals surface area contributed by atoms with Crippen molar-refractivity contribution >= 4 is 5.91 Å². The van der Waals surface area contributed by atoms with Crippen LogP contribution in [0.1, 0.15) is 10.4 Å². The van der Waals surface area contributed by atoms with Crippen molar-refractivity contribution in [1.29, 1.82) is 0 Å². The lowest BCUT2D eigenvalue weighted by Crippen LogP contribution is -1.94. The van der Waals surface area contributed by atoms with Crippen LogP contribution in [0.25, 0.3) is 10.4 Å². The van der Waals surface area contributed by atoms with Crippen molar-refractivity contribution in [2.24, 2.45) is 5.11 Å². The number of methoxy groups -OCH3 is 1. The molecule has 6 nitrogen and oxygen atoms in total. The third-order valence-corrected chi connectivity index (χ3v) is 1.57. The standard InChI is InChI=1S/C8H7N3O3/c1-14-5-2-3-6(7(12)4-5)8(13)10-11-9/h2-4,12H,1H3. The molecule has 14 heavy (non-hydrogen) atoms. The molecule has 1 rings (SSSR count). The van der Waals surface area contributed by atoms with Crippen LogP contribution in [-0.4, -0.2) is 18.1 Å². The van der Waals surface area contributed by atoms with Crippen molar-refractivity contribution in [1.82, 2.24) is 0 Å². The normalized spacial score (nSPS) is 8.93. The third kappa shape index (κ3) is 1.94. The van der Waals surface area contributed by atoms with Gasteiger partial charge in [0, 0.05) is 11.0 Å². The van der Waals surface area contributed by atoms with Crippen LogP contribution in [0.3, 0.4) is 0 Å². The summed E-state index contributed by atoms with van der Waals surface area (Å²) in [5, 5.41) is 12.2. The van der Waals surface area contributed by atoms with Crippen LogP contribution in [0.5, 0.6) is 11.5 Å². The van der Waals surface area contributed by atoms with Crippen molar-refractivity contribution < 1.29 is 14.6 Å². The van der Waals surface area contributed by atoms with Gasteiger partial charge in [-0.3, -0.25) is 4.79 Å². The molecule has 72 valence electrons. The van der Waals surface area contributed by atoms with E-state index < -0.39 is 5.91 Å². The predicted octanol–water partition coefficient (Wildman–Crippen LogP) is 1.85. The summed E-state index contributed by atoms with van der Waals surface area (Å²) < 4.78 is 4.81. The molecule has 0 aliphatic heterocycles. The molecule has 0 bridgehead atoms. The van der Waals surface area contributed by atoms with E-state index in [1.165, 1.54) is 25.3 Å². The van der Waals surface area contributed by atoms with Gasteiger partial charge in [0.15, 0.2) is 0 Å². The summed E-state index contributed by atoms with van der Waals surface area (Å²) in [7, 11) is 1.43. The molecule has 0 unspecified atom stereocenters. The Labute approximate surface area is 79.4 Å². The highest BCUT2D eigenvalue weighted by Gasteiger charge is 2.09. The molecule has 0 saturated carbocycles. The van der Waals surface area contributed by atoms with E-state index in [1.807, 2.05) is 0 Å². The van der Waals surface area contributed by atoms with Gasteiger partial charge in [-0.1, -0.05) is 0 Å². The number of carbonyl (C=O) groups excluding carboxylic acids is 1. The number of aromatic hydroxyl groups is 1. The van der Waals surface area contributed by atoms with E-state index in [2.05, 4.69) is 10.0 Å². The van der Waals surface area contributed by atoms with E-state index in [0.717, 1.165) is 0 Å². The monoisotopic (exact) mass is 193 g/mol. The molecule has 0 radical (unpaired) electrons. The minimum Gasteiger partial charge on any atom is -0.507 e. The number of amides is 1. The fourth-order valence-corrected chi connectivity index (χ4v) is 0.914. The molecule has 0 saturated heterocycles. The SMILES string of the molecule is COc1ccc(C(=O)N=[N+]=[N-])c(O)c1. The molecule has 0 aliphatic carbocycles. The number of nitrogens with zero attached hydrogens (tertiary/aromatic N) is 3. The Bertz CT molecular complexity index is 410. The van der Waals surface area contributed by atoms with Gasteiger partial charge in [-0.05, 0) is 22.8 Å². The van der Waals surface area contributed by atoms with E-state index in [9.17, 15) is 9.90 Å². The third-order valence-electron chi connectivity index (χ3n) is 1.57. The first-order chi connectivity index (χ1) is 6.69. The van der Waals surface area contributed by atoms with E-state index >= 15 is 0 Å². The zero-order valence-electron chi connectivity index (χ0n) is 7.34. The predicted molar refractivity (Wildman–Crippen MR) is 48.1 cm³/mol. The summed E-state index contributed by atoms with van der Waals surface area (Å²) in [6.45, 7) is 0. The highest BCUT2D eigenvalue weighted by Crippen LogP contribution is 2.23. The smallest absolute Gasteiger partial charge is 0.252 e. The molecule has 0 aromatic heterocycles. The van der Waals surface area contributed by atoms with Gasteiger partial charge in [0.1, 0.15) is 11.5 Å². The number of ether oxygens (including phenoxy) is 1. The van der Waals surface area contributed by atoms with Gasteiger partial charge < -0.3 is 9.84 Å². The molecule has 1 aromatic rings. The largest absolute Gasteiger partial charge is 0.507 e. The summed E-state index contributed by atoms with van der Waals surface area (Å²) in [6.07, 6.45) is 0. The Morgan fingerprint density at radius 3 is 2.86 bits per heavy atom. The highest BCUT2D eigenvalue weighted by molar-refractivity contribution is 5.97. The van der Waals surface area contributed by atoms with E-state index in [4.69, 9.17) is 10.3 Å². The number of azide groups is 1. The van der Waals surface area contributed by atoms with Gasteiger partial charge in [0.25, 0.3) is 5.91 Å². The lowest BCUT2D eigenvalue weighted by Gasteiger charge is -2.02. The molecule has 1 amide bonds. The summed E-state index contributed by atoms with van der Waals surface area (Å²) in [5.74, 6) is -0.686. The number of rotatable bonds is 2. The molecule has 0 spiro atoms. The van der Waals surface area contributed by atoms with E-state index in [1.54, 1.807) is 0 Å². The Balaban J connectivity index is 3.11. The van der Waals surface area contributed by atoms with Crippen molar-refractivity contribution in [3.05, 3.63) is 34.2 Å². The molecular weight excluding hydrogens is 186 g/mol. The van der Waals surface area contributed by atoms with Crippen LogP contribution in [0, 0.1) is 0 Å². The molecule has 0 heterocycles. The van der Waals surface area contributed by atoms with Gasteiger partial charge in [0.05, 0.1) is 12.7 Å².